The van der Waals surface area contributed by atoms with Crippen LogP contribution in [0.15, 0.2) is 24.3 Å². The van der Waals surface area contributed by atoms with E-state index in [2.05, 4.69) is 17.6 Å². The summed E-state index contributed by atoms with van der Waals surface area (Å²) in [6.45, 7) is 4.82. The van der Waals surface area contributed by atoms with Crippen molar-refractivity contribution in [1.82, 2.24) is 9.47 Å². The lowest BCUT2D eigenvalue weighted by Gasteiger charge is -2.24. The maximum absolute atomic E-state index is 12.7. The molecule has 8 nitrogen and oxygen atoms in total. The molecular weight excluding hydrogens is 426 g/mol. The lowest BCUT2D eigenvalue weighted by Crippen LogP contribution is -2.38. The third-order valence-corrected chi connectivity index (χ3v) is 6.79. The number of carbonyl (C=O) groups excluding carboxylic acids is 1. The molecule has 2 aromatic rings. The van der Waals surface area contributed by atoms with E-state index >= 15 is 0 Å². The van der Waals surface area contributed by atoms with Gasteiger partial charge in [0.25, 0.3) is 0 Å². The minimum atomic E-state index is -2.23. The van der Waals surface area contributed by atoms with Gasteiger partial charge >= 0.3 is 0 Å². The number of nitrogen functional groups attached to an aromatic ring is 1. The van der Waals surface area contributed by atoms with Crippen LogP contribution in [0.3, 0.4) is 0 Å². The molecule has 0 spiro atoms. The van der Waals surface area contributed by atoms with Gasteiger partial charge in [-0.05, 0) is 67.6 Å². The minimum absolute atomic E-state index is 0.00295. The van der Waals surface area contributed by atoms with Gasteiger partial charge in [0.1, 0.15) is 5.84 Å². The van der Waals surface area contributed by atoms with E-state index in [1.165, 1.54) is 0 Å². The number of nitrogens with zero attached hydrogens (tertiary/aromatic N) is 2. The van der Waals surface area contributed by atoms with E-state index in [-0.39, 0.29) is 41.7 Å². The highest BCUT2D eigenvalue weighted by Crippen LogP contribution is 2.27. The first-order valence-corrected chi connectivity index (χ1v) is 12.4. The predicted octanol–water partition coefficient (Wildman–Crippen LogP) is 2.79. The van der Waals surface area contributed by atoms with Gasteiger partial charge in [-0.15, -0.1) is 0 Å². The molecule has 0 radical (unpaired) electrons. The Bertz CT molecular complexity index is 1040. The van der Waals surface area contributed by atoms with Crippen LogP contribution in [0.4, 0.5) is 0 Å². The number of fused-ring (bicyclic) bond motifs is 1. The van der Waals surface area contributed by atoms with Crippen molar-refractivity contribution in [2.45, 2.75) is 58.5 Å². The molecule has 0 bridgehead atoms. The topological polar surface area (TPSA) is 139 Å². The van der Waals surface area contributed by atoms with Gasteiger partial charge in [-0.2, -0.15) is 0 Å². The van der Waals surface area contributed by atoms with Gasteiger partial charge in [0.05, 0.1) is 18.1 Å². The van der Waals surface area contributed by atoms with Gasteiger partial charge in [0.2, 0.25) is 0 Å². The Kier molecular flexibility index (Phi) is 7.97. The number of aryl methyl sites for hydroxylation is 2. The fourth-order valence-corrected chi connectivity index (χ4v) is 4.86. The maximum atomic E-state index is 12.7. The molecule has 32 heavy (non-hydrogen) atoms. The molecule has 0 amide bonds. The number of benzene rings is 1. The molecule has 1 heterocycles. The number of nitrogens with one attached hydrogen (secondary N) is 2. The Morgan fingerprint density at radius 1 is 1.31 bits per heavy atom. The average Bonchev–Trinajstić information content (AvgIpc) is 3.54. The summed E-state index contributed by atoms with van der Waals surface area (Å²) >= 11 is -2.23. The van der Waals surface area contributed by atoms with Crippen LogP contribution in [0.25, 0.3) is 10.9 Å². The van der Waals surface area contributed by atoms with Crippen molar-refractivity contribution in [2.75, 3.05) is 12.4 Å². The average molecular weight is 459 g/mol. The second kappa shape index (κ2) is 10.5. The molecular formula is C23H32N5O3S-. The maximum Gasteiger partial charge on any atom is 0.190 e. The molecule has 0 aliphatic heterocycles. The van der Waals surface area contributed by atoms with Crippen LogP contribution in [-0.4, -0.2) is 54.0 Å². The fourth-order valence-electron chi connectivity index (χ4n) is 4.29. The Labute approximate surface area is 191 Å². The SMILES string of the molecule is CC[C@@H](CCc1cc2ccc(C(=N)N)cc2n1CC)C(=N)C(=O)CN(CS(=O)[O-])C1CC1. The zero-order chi connectivity index (χ0) is 23.4. The Morgan fingerprint density at radius 2 is 2.03 bits per heavy atom. The number of amidine groups is 1. The number of nitrogens with two attached hydrogens (primary N) is 1. The normalized spacial score (nSPS) is 15.8. The van der Waals surface area contributed by atoms with E-state index in [1.807, 2.05) is 25.1 Å². The zero-order valence-corrected chi connectivity index (χ0v) is 19.5. The van der Waals surface area contributed by atoms with Gasteiger partial charge < -0.3 is 20.3 Å². The molecule has 1 aliphatic carbocycles. The zero-order valence-electron chi connectivity index (χ0n) is 18.7. The lowest BCUT2D eigenvalue weighted by molar-refractivity contribution is -0.114. The minimum Gasteiger partial charge on any atom is -0.771 e. The van der Waals surface area contributed by atoms with Crippen molar-refractivity contribution < 1.29 is 13.6 Å². The summed E-state index contributed by atoms with van der Waals surface area (Å²) in [6, 6.07) is 8.01. The van der Waals surface area contributed by atoms with Crippen molar-refractivity contribution in [3.63, 3.8) is 0 Å². The molecule has 3 rings (SSSR count). The Balaban J connectivity index is 1.69. The molecule has 1 aromatic heterocycles. The van der Waals surface area contributed by atoms with Crippen molar-refractivity contribution in [1.29, 1.82) is 10.8 Å². The van der Waals surface area contributed by atoms with E-state index in [0.717, 1.165) is 42.4 Å². The smallest absolute Gasteiger partial charge is 0.190 e. The molecule has 1 aromatic carbocycles. The molecule has 4 N–H and O–H groups in total. The van der Waals surface area contributed by atoms with Crippen LogP contribution in [-0.2, 0) is 28.8 Å². The molecule has 1 unspecified atom stereocenters. The predicted molar refractivity (Wildman–Crippen MR) is 127 cm³/mol. The molecule has 2 atom stereocenters. The van der Waals surface area contributed by atoms with Crippen LogP contribution in [0.1, 0.15) is 50.8 Å². The second-order valence-electron chi connectivity index (χ2n) is 8.46. The molecule has 0 saturated heterocycles. The summed E-state index contributed by atoms with van der Waals surface area (Å²) in [5.41, 5.74) is 8.58. The summed E-state index contributed by atoms with van der Waals surface area (Å²) in [5.74, 6) is -0.565. The molecule has 174 valence electrons. The number of Topliss-reactive ketones (excluding diaryl/α,β-unsaturated/α-hetero) is 1. The summed E-state index contributed by atoms with van der Waals surface area (Å²) in [6.07, 6.45) is 3.89. The first-order chi connectivity index (χ1) is 15.2. The molecule has 1 aliphatic rings. The third-order valence-electron chi connectivity index (χ3n) is 6.25. The highest BCUT2D eigenvalue weighted by molar-refractivity contribution is 7.79. The standard InChI is InChI=1S/C23H33N5O3S/c1-3-15(22(24)21(29)13-27(14-32(30)31)18-9-10-18)7-8-19-11-16-5-6-17(23(25)26)12-20(16)28(19)4-2/h5-6,11-12,15,18,24H,3-4,7-10,13-14H2,1-2H3,(H3,25,26)(H,30,31)/p-1/t15-/m0/s1. The quantitative estimate of drug-likeness (QED) is 0.241. The van der Waals surface area contributed by atoms with E-state index in [9.17, 15) is 13.6 Å². The highest BCUT2D eigenvalue weighted by Gasteiger charge is 2.32. The summed E-state index contributed by atoms with van der Waals surface area (Å²) in [7, 11) is 0. The van der Waals surface area contributed by atoms with Gasteiger partial charge in [0.15, 0.2) is 5.78 Å². The number of hydrogen-bond donors (Lipinski definition) is 3. The van der Waals surface area contributed by atoms with Gasteiger partial charge in [0, 0.05) is 35.3 Å². The highest BCUT2D eigenvalue weighted by atomic mass is 32.2. The Morgan fingerprint density at radius 3 is 2.59 bits per heavy atom. The monoisotopic (exact) mass is 458 g/mol. The number of aromatic nitrogens is 1. The van der Waals surface area contributed by atoms with Crippen molar-refractivity contribution in [2.24, 2.45) is 11.7 Å². The summed E-state index contributed by atoms with van der Waals surface area (Å²) < 4.78 is 24.4. The van der Waals surface area contributed by atoms with Crippen molar-refractivity contribution >= 4 is 39.3 Å². The first kappa shape index (κ1) is 24.3. The largest absolute Gasteiger partial charge is 0.771 e. The lowest BCUT2D eigenvalue weighted by atomic mass is 9.91. The van der Waals surface area contributed by atoms with E-state index in [1.54, 1.807) is 4.90 Å². The van der Waals surface area contributed by atoms with Gasteiger partial charge in [-0.1, -0.05) is 19.1 Å². The van der Waals surface area contributed by atoms with E-state index in [0.29, 0.717) is 18.4 Å². The van der Waals surface area contributed by atoms with Crippen LogP contribution >= 0.6 is 0 Å². The number of rotatable bonds is 13. The number of ketones is 1. The molecule has 1 fully saturated rings. The van der Waals surface area contributed by atoms with Crippen LogP contribution in [0.2, 0.25) is 0 Å². The van der Waals surface area contributed by atoms with Crippen molar-refractivity contribution in [3.05, 3.63) is 35.5 Å². The van der Waals surface area contributed by atoms with Gasteiger partial charge in [-0.25, -0.2) is 0 Å². The first-order valence-electron chi connectivity index (χ1n) is 11.1. The second-order valence-corrected chi connectivity index (χ2v) is 9.32. The molecule has 9 heteroatoms. The Hall–Kier alpha value is -2.36. The van der Waals surface area contributed by atoms with Crippen LogP contribution < -0.4 is 5.73 Å². The fraction of sp³-hybridized carbons (Fsp3) is 0.522. The number of hydrogen-bond acceptors (Lipinski definition) is 6. The van der Waals surface area contributed by atoms with Crippen LogP contribution in [0.5, 0.6) is 0 Å². The van der Waals surface area contributed by atoms with E-state index < -0.39 is 11.1 Å². The number of carbonyl (C=O) groups is 1. The van der Waals surface area contributed by atoms with Crippen molar-refractivity contribution in [3.8, 4) is 0 Å². The third kappa shape index (κ3) is 5.70. The summed E-state index contributed by atoms with van der Waals surface area (Å²) in [4.78, 5) is 14.4. The van der Waals surface area contributed by atoms with Crippen LogP contribution in [0, 0.1) is 16.7 Å². The van der Waals surface area contributed by atoms with E-state index in [4.69, 9.17) is 16.6 Å². The molecule has 1 saturated carbocycles. The van der Waals surface area contributed by atoms with Gasteiger partial charge in [-0.3, -0.25) is 19.3 Å². The summed E-state index contributed by atoms with van der Waals surface area (Å²) in [5, 5.41) is 17.2.